The fraction of sp³-hybridized carbons (Fsp3) is 0.929. The minimum absolute atomic E-state index is 0.113. The molecule has 1 aliphatic heterocycles. The maximum Gasteiger partial charge on any atom is 0.226 e. The Morgan fingerprint density at radius 1 is 1.22 bits per heavy atom. The first kappa shape index (κ1) is 15.4. The highest BCUT2D eigenvalue weighted by molar-refractivity contribution is 5.79. The molecule has 18 heavy (non-hydrogen) atoms. The van der Waals surface area contributed by atoms with Gasteiger partial charge in [0.2, 0.25) is 5.91 Å². The van der Waals surface area contributed by atoms with Gasteiger partial charge in [-0.25, -0.2) is 0 Å². The minimum atomic E-state index is 0.113. The molecule has 4 nitrogen and oxygen atoms in total. The van der Waals surface area contributed by atoms with Crippen molar-refractivity contribution in [2.24, 2.45) is 23.5 Å². The number of amides is 1. The topological polar surface area (TPSA) is 49.6 Å². The molecule has 0 radical (unpaired) electrons. The number of rotatable bonds is 4. The van der Waals surface area contributed by atoms with E-state index in [0.29, 0.717) is 24.3 Å². The minimum Gasteiger partial charge on any atom is -0.336 e. The normalized spacial score (nSPS) is 22.3. The number of hydrogen-bond donors (Lipinski definition) is 1. The Kier molecular flexibility index (Phi) is 5.60. The molecule has 0 spiro atoms. The number of nitrogens with zero attached hydrogens (tertiary/aromatic N) is 2. The summed E-state index contributed by atoms with van der Waals surface area (Å²) in [5.41, 5.74) is 5.83. The fourth-order valence-electron chi connectivity index (χ4n) is 3.03. The molecule has 0 aliphatic carbocycles. The Morgan fingerprint density at radius 2 is 1.78 bits per heavy atom. The van der Waals surface area contributed by atoms with Gasteiger partial charge in [-0.15, -0.1) is 0 Å². The van der Waals surface area contributed by atoms with Gasteiger partial charge in [-0.05, 0) is 18.9 Å². The van der Waals surface area contributed by atoms with Crippen LogP contribution in [0.4, 0.5) is 0 Å². The van der Waals surface area contributed by atoms with Crippen LogP contribution < -0.4 is 5.73 Å². The summed E-state index contributed by atoms with van der Waals surface area (Å²) in [6.07, 6.45) is 0. The Morgan fingerprint density at radius 3 is 2.22 bits per heavy atom. The number of piperazine rings is 1. The highest BCUT2D eigenvalue weighted by atomic mass is 16.2. The van der Waals surface area contributed by atoms with Crippen LogP contribution in [0.3, 0.4) is 0 Å². The lowest BCUT2D eigenvalue weighted by atomic mass is 9.84. The summed E-state index contributed by atoms with van der Waals surface area (Å²) < 4.78 is 0. The Bertz CT molecular complexity index is 270. The van der Waals surface area contributed by atoms with Gasteiger partial charge < -0.3 is 15.5 Å². The zero-order chi connectivity index (χ0) is 13.9. The molecule has 2 N–H and O–H groups in total. The predicted molar refractivity (Wildman–Crippen MR) is 75.2 cm³/mol. The van der Waals surface area contributed by atoms with Gasteiger partial charge in [-0.1, -0.05) is 27.7 Å². The molecule has 1 heterocycles. The van der Waals surface area contributed by atoms with Crippen LogP contribution in [0.2, 0.25) is 0 Å². The van der Waals surface area contributed by atoms with Gasteiger partial charge >= 0.3 is 0 Å². The van der Waals surface area contributed by atoms with Gasteiger partial charge in [-0.2, -0.15) is 0 Å². The number of likely N-dealkylation sites (N-methyl/N-ethyl adjacent to an activating group) is 1. The molecule has 1 rings (SSSR count). The van der Waals surface area contributed by atoms with Crippen LogP contribution in [-0.2, 0) is 4.79 Å². The number of carbonyl (C=O) groups is 1. The van der Waals surface area contributed by atoms with E-state index in [1.54, 1.807) is 0 Å². The molecule has 0 bridgehead atoms. The molecule has 1 saturated heterocycles. The highest BCUT2D eigenvalue weighted by Gasteiger charge is 2.34. The third-order valence-electron chi connectivity index (χ3n) is 3.96. The van der Waals surface area contributed by atoms with Crippen molar-refractivity contribution in [2.75, 3.05) is 33.2 Å². The highest BCUT2D eigenvalue weighted by Crippen LogP contribution is 2.24. The molecule has 1 unspecified atom stereocenters. The van der Waals surface area contributed by atoms with E-state index in [9.17, 15) is 4.79 Å². The number of hydrogen-bond acceptors (Lipinski definition) is 3. The first-order valence-corrected chi connectivity index (χ1v) is 7.07. The van der Waals surface area contributed by atoms with Crippen molar-refractivity contribution < 1.29 is 4.79 Å². The van der Waals surface area contributed by atoms with Crippen LogP contribution in [0.5, 0.6) is 0 Å². The van der Waals surface area contributed by atoms with Crippen LogP contribution >= 0.6 is 0 Å². The molecule has 1 fully saturated rings. The smallest absolute Gasteiger partial charge is 0.226 e. The maximum absolute atomic E-state index is 12.7. The molecule has 4 heteroatoms. The van der Waals surface area contributed by atoms with Crippen LogP contribution in [0, 0.1) is 17.8 Å². The monoisotopic (exact) mass is 255 g/mol. The Hall–Kier alpha value is -0.610. The van der Waals surface area contributed by atoms with E-state index in [-0.39, 0.29) is 12.0 Å². The van der Waals surface area contributed by atoms with Crippen molar-refractivity contribution in [3.05, 3.63) is 0 Å². The molecule has 0 aromatic rings. The molecular weight excluding hydrogens is 226 g/mol. The summed E-state index contributed by atoms with van der Waals surface area (Å²) >= 11 is 0. The second kappa shape index (κ2) is 6.53. The van der Waals surface area contributed by atoms with Gasteiger partial charge in [0, 0.05) is 32.1 Å². The summed E-state index contributed by atoms with van der Waals surface area (Å²) in [4.78, 5) is 17.0. The van der Waals surface area contributed by atoms with Gasteiger partial charge in [0.1, 0.15) is 0 Å². The van der Waals surface area contributed by atoms with E-state index in [0.717, 1.165) is 19.6 Å². The maximum atomic E-state index is 12.7. The predicted octanol–water partition coefficient (Wildman–Crippen LogP) is 1.02. The number of carbonyl (C=O) groups excluding carboxylic acids is 1. The van der Waals surface area contributed by atoms with E-state index in [4.69, 9.17) is 5.73 Å². The van der Waals surface area contributed by atoms with Crippen molar-refractivity contribution in [3.8, 4) is 0 Å². The lowest BCUT2D eigenvalue weighted by Gasteiger charge is -2.42. The average molecular weight is 255 g/mol. The Balaban J connectivity index is 2.80. The molecule has 0 saturated carbocycles. The van der Waals surface area contributed by atoms with E-state index in [2.05, 4.69) is 39.6 Å². The molecule has 1 amide bonds. The summed E-state index contributed by atoms with van der Waals surface area (Å²) in [5.74, 6) is 1.18. The van der Waals surface area contributed by atoms with E-state index >= 15 is 0 Å². The van der Waals surface area contributed by atoms with Crippen LogP contribution in [0.1, 0.15) is 27.7 Å². The zero-order valence-corrected chi connectivity index (χ0v) is 12.5. The largest absolute Gasteiger partial charge is 0.336 e. The van der Waals surface area contributed by atoms with E-state index in [1.807, 2.05) is 4.90 Å². The van der Waals surface area contributed by atoms with Crippen molar-refractivity contribution in [3.63, 3.8) is 0 Å². The lowest BCUT2D eigenvalue weighted by molar-refractivity contribution is -0.143. The molecule has 0 aromatic heterocycles. The molecule has 106 valence electrons. The lowest BCUT2D eigenvalue weighted by Crippen LogP contribution is -2.58. The first-order chi connectivity index (χ1) is 8.38. The molecular formula is C14H29N3O. The van der Waals surface area contributed by atoms with Crippen molar-refractivity contribution >= 4 is 5.91 Å². The third kappa shape index (κ3) is 3.45. The SMILES string of the molecule is CC(C)C(C(=O)N1CCN(C)CC1CN)C(C)C. The van der Waals surface area contributed by atoms with E-state index in [1.165, 1.54) is 0 Å². The number of nitrogens with two attached hydrogens (primary N) is 1. The first-order valence-electron chi connectivity index (χ1n) is 7.07. The summed E-state index contributed by atoms with van der Waals surface area (Å²) in [6.45, 7) is 11.8. The van der Waals surface area contributed by atoms with Crippen LogP contribution in [0.25, 0.3) is 0 Å². The van der Waals surface area contributed by atoms with Gasteiger partial charge in [0.05, 0.1) is 6.04 Å². The fourth-order valence-corrected chi connectivity index (χ4v) is 3.03. The van der Waals surface area contributed by atoms with Crippen LogP contribution in [0.15, 0.2) is 0 Å². The van der Waals surface area contributed by atoms with Crippen LogP contribution in [-0.4, -0.2) is 55.0 Å². The summed E-state index contributed by atoms with van der Waals surface area (Å²) in [6, 6.07) is 0.177. The third-order valence-corrected chi connectivity index (χ3v) is 3.96. The molecule has 1 aliphatic rings. The quantitative estimate of drug-likeness (QED) is 0.816. The average Bonchev–Trinajstić information content (AvgIpc) is 2.27. The summed E-state index contributed by atoms with van der Waals surface area (Å²) in [5, 5.41) is 0. The van der Waals surface area contributed by atoms with Crippen molar-refractivity contribution in [2.45, 2.75) is 33.7 Å². The standard InChI is InChI=1S/C14H29N3O/c1-10(2)13(11(3)4)14(18)17-7-6-16(5)9-12(17)8-15/h10-13H,6-9,15H2,1-5H3. The Labute approximate surface area is 111 Å². The van der Waals surface area contributed by atoms with Crippen molar-refractivity contribution in [1.29, 1.82) is 0 Å². The van der Waals surface area contributed by atoms with E-state index < -0.39 is 0 Å². The second-order valence-electron chi connectivity index (χ2n) is 6.20. The second-order valence-corrected chi connectivity index (χ2v) is 6.20. The van der Waals surface area contributed by atoms with Gasteiger partial charge in [-0.3, -0.25) is 4.79 Å². The molecule has 1 atom stereocenters. The van der Waals surface area contributed by atoms with Gasteiger partial charge in [0.15, 0.2) is 0 Å². The van der Waals surface area contributed by atoms with Crippen molar-refractivity contribution in [1.82, 2.24) is 9.80 Å². The van der Waals surface area contributed by atoms with Gasteiger partial charge in [0.25, 0.3) is 0 Å². The molecule has 0 aromatic carbocycles. The zero-order valence-electron chi connectivity index (χ0n) is 12.5. The summed E-state index contributed by atoms with van der Waals surface area (Å²) in [7, 11) is 2.09.